The van der Waals surface area contributed by atoms with E-state index in [1.165, 1.54) is 11.8 Å². The summed E-state index contributed by atoms with van der Waals surface area (Å²) in [7, 11) is 0. The Hall–Kier alpha value is -2.73. The lowest BCUT2D eigenvalue weighted by Gasteiger charge is -2.05. The Labute approximate surface area is 144 Å². The second-order valence-electron chi connectivity index (χ2n) is 5.20. The molecule has 0 aliphatic heterocycles. The van der Waals surface area contributed by atoms with Crippen LogP contribution in [0.15, 0.2) is 66.0 Å². The second kappa shape index (κ2) is 7.70. The van der Waals surface area contributed by atoms with E-state index >= 15 is 0 Å². The van der Waals surface area contributed by atoms with Crippen molar-refractivity contribution in [1.82, 2.24) is 15.2 Å². The van der Waals surface area contributed by atoms with E-state index in [1.54, 1.807) is 12.4 Å². The summed E-state index contributed by atoms with van der Waals surface area (Å²) < 4.78 is 0. The number of aromatic nitrogens is 3. The van der Waals surface area contributed by atoms with E-state index in [-0.39, 0.29) is 11.7 Å². The van der Waals surface area contributed by atoms with Gasteiger partial charge in [-0.25, -0.2) is 0 Å². The van der Waals surface area contributed by atoms with E-state index in [1.807, 2.05) is 55.5 Å². The van der Waals surface area contributed by atoms with Gasteiger partial charge < -0.3 is 5.32 Å². The standard InChI is InChI=1S/C18H16N4OS/c1-13-2-4-15(5-3-13)20-17(23)12-24-18-7-6-16(21-22-18)14-8-10-19-11-9-14/h2-11H,12H2,1H3,(H,20,23). The summed E-state index contributed by atoms with van der Waals surface area (Å²) >= 11 is 1.36. The highest BCUT2D eigenvalue weighted by Crippen LogP contribution is 2.19. The molecule has 0 atom stereocenters. The van der Waals surface area contributed by atoms with E-state index in [9.17, 15) is 4.79 Å². The third-order valence-corrected chi connectivity index (χ3v) is 4.22. The lowest BCUT2D eigenvalue weighted by Crippen LogP contribution is -2.14. The van der Waals surface area contributed by atoms with Gasteiger partial charge in [0.05, 0.1) is 11.4 Å². The highest BCUT2D eigenvalue weighted by molar-refractivity contribution is 7.99. The maximum Gasteiger partial charge on any atom is 0.234 e. The number of nitrogens with one attached hydrogen (secondary N) is 1. The Balaban J connectivity index is 1.54. The molecule has 120 valence electrons. The number of benzene rings is 1. The molecule has 0 aliphatic carbocycles. The van der Waals surface area contributed by atoms with Gasteiger partial charge in [-0.2, -0.15) is 0 Å². The van der Waals surface area contributed by atoms with Gasteiger partial charge in [-0.05, 0) is 43.3 Å². The van der Waals surface area contributed by atoms with Gasteiger partial charge in [-0.3, -0.25) is 9.78 Å². The fourth-order valence-corrected chi connectivity index (χ4v) is 2.66. The summed E-state index contributed by atoms with van der Waals surface area (Å²) in [5, 5.41) is 11.9. The number of amides is 1. The van der Waals surface area contributed by atoms with Crippen molar-refractivity contribution in [1.29, 1.82) is 0 Å². The molecule has 3 aromatic rings. The average molecular weight is 336 g/mol. The van der Waals surface area contributed by atoms with Gasteiger partial charge in [0.25, 0.3) is 0 Å². The number of pyridine rings is 1. The van der Waals surface area contributed by atoms with Gasteiger partial charge >= 0.3 is 0 Å². The van der Waals surface area contributed by atoms with Crippen LogP contribution in [0.25, 0.3) is 11.3 Å². The summed E-state index contributed by atoms with van der Waals surface area (Å²) in [5.41, 5.74) is 3.70. The zero-order valence-corrected chi connectivity index (χ0v) is 14.0. The minimum atomic E-state index is -0.0659. The number of nitrogens with zero attached hydrogens (tertiary/aromatic N) is 3. The number of hydrogen-bond donors (Lipinski definition) is 1. The summed E-state index contributed by atoms with van der Waals surface area (Å²) in [6, 6.07) is 15.2. The van der Waals surface area contributed by atoms with Crippen LogP contribution in [0.1, 0.15) is 5.56 Å². The summed E-state index contributed by atoms with van der Waals surface area (Å²) in [4.78, 5) is 16.0. The van der Waals surface area contributed by atoms with Crippen LogP contribution in [0, 0.1) is 6.92 Å². The van der Waals surface area contributed by atoms with Crippen molar-refractivity contribution in [3.8, 4) is 11.3 Å². The highest BCUT2D eigenvalue weighted by atomic mass is 32.2. The van der Waals surface area contributed by atoms with Crippen LogP contribution >= 0.6 is 11.8 Å². The molecular weight excluding hydrogens is 320 g/mol. The zero-order valence-electron chi connectivity index (χ0n) is 13.1. The second-order valence-corrected chi connectivity index (χ2v) is 6.19. The summed E-state index contributed by atoms with van der Waals surface area (Å²) in [5.74, 6) is 0.223. The maximum atomic E-state index is 12.0. The molecule has 1 amide bonds. The molecule has 0 unspecified atom stereocenters. The maximum absolute atomic E-state index is 12.0. The zero-order chi connectivity index (χ0) is 16.8. The molecule has 24 heavy (non-hydrogen) atoms. The Morgan fingerprint density at radius 1 is 1.00 bits per heavy atom. The van der Waals surface area contributed by atoms with Crippen LogP contribution in [0.5, 0.6) is 0 Å². The van der Waals surface area contributed by atoms with E-state index in [0.29, 0.717) is 5.03 Å². The number of rotatable bonds is 5. The van der Waals surface area contributed by atoms with Crippen LogP contribution in [0.2, 0.25) is 0 Å². The van der Waals surface area contributed by atoms with Crippen LogP contribution in [-0.2, 0) is 4.79 Å². The first-order chi connectivity index (χ1) is 11.7. The Bertz CT molecular complexity index is 805. The van der Waals surface area contributed by atoms with Crippen LogP contribution < -0.4 is 5.32 Å². The molecule has 2 aromatic heterocycles. The minimum Gasteiger partial charge on any atom is -0.325 e. The van der Waals surface area contributed by atoms with Crippen molar-refractivity contribution in [2.24, 2.45) is 0 Å². The Morgan fingerprint density at radius 3 is 2.42 bits per heavy atom. The molecule has 0 saturated heterocycles. The van der Waals surface area contributed by atoms with Gasteiger partial charge in [-0.15, -0.1) is 10.2 Å². The Morgan fingerprint density at radius 2 is 1.75 bits per heavy atom. The molecule has 5 nitrogen and oxygen atoms in total. The molecular formula is C18H16N4OS. The van der Waals surface area contributed by atoms with Crippen LogP contribution in [0.4, 0.5) is 5.69 Å². The topological polar surface area (TPSA) is 67.8 Å². The lowest BCUT2D eigenvalue weighted by molar-refractivity contribution is -0.113. The van der Waals surface area contributed by atoms with E-state index < -0.39 is 0 Å². The van der Waals surface area contributed by atoms with Gasteiger partial charge in [0, 0.05) is 23.6 Å². The fourth-order valence-electron chi connectivity index (χ4n) is 2.05. The third kappa shape index (κ3) is 4.39. The van der Waals surface area contributed by atoms with Gasteiger partial charge in [0.15, 0.2) is 0 Å². The quantitative estimate of drug-likeness (QED) is 0.721. The molecule has 0 aliphatic rings. The van der Waals surface area contributed by atoms with Gasteiger partial charge in [-0.1, -0.05) is 29.5 Å². The largest absolute Gasteiger partial charge is 0.325 e. The smallest absolute Gasteiger partial charge is 0.234 e. The van der Waals surface area contributed by atoms with Crippen LogP contribution in [-0.4, -0.2) is 26.8 Å². The SMILES string of the molecule is Cc1ccc(NC(=O)CSc2ccc(-c3ccncc3)nn2)cc1. The molecule has 6 heteroatoms. The number of carbonyl (C=O) groups excluding carboxylic acids is 1. The van der Waals surface area contributed by atoms with Crippen LogP contribution in [0.3, 0.4) is 0 Å². The fraction of sp³-hybridized carbons (Fsp3) is 0.111. The van der Waals surface area contributed by atoms with Gasteiger partial charge in [0.1, 0.15) is 5.03 Å². The van der Waals surface area contributed by atoms with Crippen molar-refractivity contribution in [2.75, 3.05) is 11.1 Å². The molecule has 1 N–H and O–H groups in total. The van der Waals surface area contributed by atoms with Crippen molar-refractivity contribution in [3.63, 3.8) is 0 Å². The van der Waals surface area contributed by atoms with Crippen molar-refractivity contribution in [2.45, 2.75) is 11.9 Å². The molecule has 0 bridgehead atoms. The normalized spacial score (nSPS) is 10.4. The first-order valence-electron chi connectivity index (χ1n) is 7.44. The molecule has 2 heterocycles. The van der Waals surface area contributed by atoms with Crippen molar-refractivity contribution in [3.05, 3.63) is 66.5 Å². The minimum absolute atomic E-state index is 0.0659. The molecule has 0 saturated carbocycles. The summed E-state index contributed by atoms with van der Waals surface area (Å²) in [6.45, 7) is 2.01. The average Bonchev–Trinajstić information content (AvgIpc) is 2.63. The van der Waals surface area contributed by atoms with E-state index in [2.05, 4.69) is 20.5 Å². The molecule has 0 fully saturated rings. The first kappa shape index (κ1) is 16.1. The monoisotopic (exact) mass is 336 g/mol. The Kier molecular flexibility index (Phi) is 5.18. The van der Waals surface area contributed by atoms with Gasteiger partial charge in [0.2, 0.25) is 5.91 Å². The number of carbonyl (C=O) groups is 1. The molecule has 1 aromatic carbocycles. The first-order valence-corrected chi connectivity index (χ1v) is 8.43. The number of aryl methyl sites for hydroxylation is 1. The predicted octanol–water partition coefficient (Wildman–Crippen LogP) is 3.58. The number of thioether (sulfide) groups is 1. The molecule has 0 radical (unpaired) electrons. The number of hydrogen-bond acceptors (Lipinski definition) is 5. The highest BCUT2D eigenvalue weighted by Gasteiger charge is 2.06. The lowest BCUT2D eigenvalue weighted by atomic mass is 10.2. The predicted molar refractivity (Wildman–Crippen MR) is 95.8 cm³/mol. The van der Waals surface area contributed by atoms with Crippen molar-refractivity contribution >= 4 is 23.4 Å². The molecule has 3 rings (SSSR count). The number of anilines is 1. The van der Waals surface area contributed by atoms with E-state index in [4.69, 9.17) is 0 Å². The third-order valence-electron chi connectivity index (χ3n) is 3.30. The van der Waals surface area contributed by atoms with E-state index in [0.717, 1.165) is 22.5 Å². The molecule has 0 spiro atoms. The van der Waals surface area contributed by atoms with Crippen molar-refractivity contribution < 1.29 is 4.79 Å². The summed E-state index contributed by atoms with van der Waals surface area (Å²) in [6.07, 6.45) is 3.43.